The molecule has 1 aromatic heterocycles. The summed E-state index contributed by atoms with van der Waals surface area (Å²) in [6, 6.07) is 16.8. The van der Waals surface area contributed by atoms with Crippen molar-refractivity contribution in [1.82, 2.24) is 9.88 Å². The Morgan fingerprint density at radius 1 is 1.07 bits per heavy atom. The van der Waals surface area contributed by atoms with E-state index in [0.717, 1.165) is 17.3 Å². The van der Waals surface area contributed by atoms with Gasteiger partial charge in [0.05, 0.1) is 17.2 Å². The zero-order valence-electron chi connectivity index (χ0n) is 15.7. The Morgan fingerprint density at radius 2 is 1.85 bits per heavy atom. The number of nitrogens with zero attached hydrogens (tertiary/aromatic N) is 1. The van der Waals surface area contributed by atoms with E-state index in [9.17, 15) is 9.59 Å². The Kier molecular flexibility index (Phi) is 4.02. The zero-order chi connectivity index (χ0) is 19.2. The number of rotatable bonds is 2. The van der Waals surface area contributed by atoms with Crippen molar-refractivity contribution in [3.8, 4) is 0 Å². The third-order valence-corrected chi connectivity index (χ3v) is 5.48. The molecule has 4 rings (SSSR count). The third-order valence-electron chi connectivity index (χ3n) is 5.48. The number of amides is 2. The van der Waals surface area contributed by atoms with Gasteiger partial charge in [-0.15, -0.1) is 0 Å². The van der Waals surface area contributed by atoms with Crippen molar-refractivity contribution in [2.45, 2.75) is 26.3 Å². The maximum absolute atomic E-state index is 12.8. The van der Waals surface area contributed by atoms with Crippen molar-refractivity contribution in [1.29, 1.82) is 0 Å². The van der Waals surface area contributed by atoms with Gasteiger partial charge in [0.1, 0.15) is 0 Å². The average Bonchev–Trinajstić information content (AvgIpc) is 2.88. The number of anilines is 1. The fourth-order valence-electron chi connectivity index (χ4n) is 4.07. The molecule has 27 heavy (non-hydrogen) atoms. The van der Waals surface area contributed by atoms with Gasteiger partial charge in [0.15, 0.2) is 0 Å². The summed E-state index contributed by atoms with van der Waals surface area (Å²) >= 11 is 0. The molecule has 2 aromatic carbocycles. The first kappa shape index (κ1) is 17.3. The molecule has 1 aliphatic rings. The first-order valence-corrected chi connectivity index (χ1v) is 9.11. The number of aromatic nitrogens is 1. The second-order valence-electron chi connectivity index (χ2n) is 7.86. The van der Waals surface area contributed by atoms with Crippen molar-refractivity contribution >= 4 is 22.6 Å². The predicted molar refractivity (Wildman–Crippen MR) is 108 cm³/mol. The summed E-state index contributed by atoms with van der Waals surface area (Å²) in [6.45, 7) is 4.34. The number of hydrogen-bond donors (Lipinski definition) is 2. The summed E-state index contributed by atoms with van der Waals surface area (Å²) in [6.07, 6.45) is 0.935. The molecule has 0 saturated heterocycles. The quantitative estimate of drug-likeness (QED) is 0.725. The molecule has 2 N–H and O–H groups in total. The molecule has 1 atom stereocenters. The number of carbonyl (C=O) groups is 1. The van der Waals surface area contributed by atoms with Gasteiger partial charge in [-0.25, -0.2) is 4.79 Å². The predicted octanol–water partition coefficient (Wildman–Crippen LogP) is 3.98. The molecule has 5 heteroatoms. The highest BCUT2D eigenvalue weighted by Gasteiger charge is 2.39. The maximum Gasteiger partial charge on any atom is 0.319 e. The molecule has 0 saturated carbocycles. The van der Waals surface area contributed by atoms with Crippen LogP contribution < -0.4 is 16.2 Å². The summed E-state index contributed by atoms with van der Waals surface area (Å²) in [4.78, 5) is 24.6. The summed E-state index contributed by atoms with van der Waals surface area (Å²) in [5.74, 6) is 0. The van der Waals surface area contributed by atoms with Gasteiger partial charge in [-0.2, -0.15) is 0 Å². The Morgan fingerprint density at radius 3 is 2.67 bits per heavy atom. The van der Waals surface area contributed by atoms with E-state index in [-0.39, 0.29) is 23.0 Å². The Balaban J connectivity index is 1.62. The number of benzene rings is 2. The van der Waals surface area contributed by atoms with Gasteiger partial charge < -0.3 is 15.2 Å². The maximum atomic E-state index is 12.8. The van der Waals surface area contributed by atoms with Crippen molar-refractivity contribution < 1.29 is 4.79 Å². The number of fused-ring (bicyclic) bond motifs is 2. The van der Waals surface area contributed by atoms with E-state index in [4.69, 9.17) is 0 Å². The minimum atomic E-state index is -0.244. The lowest BCUT2D eigenvalue weighted by molar-refractivity contribution is 0.229. The van der Waals surface area contributed by atoms with Gasteiger partial charge in [0.2, 0.25) is 0 Å². The van der Waals surface area contributed by atoms with Gasteiger partial charge >= 0.3 is 6.03 Å². The molecule has 0 bridgehead atoms. The van der Waals surface area contributed by atoms with E-state index >= 15 is 0 Å². The number of aryl methyl sites for hydroxylation is 1. The lowest BCUT2D eigenvalue weighted by Crippen LogP contribution is -2.38. The third kappa shape index (κ3) is 2.99. The van der Waals surface area contributed by atoms with Crippen molar-refractivity contribution in [2.75, 3.05) is 5.32 Å². The minimum Gasteiger partial charge on any atom is -0.331 e. The normalized spacial score (nSPS) is 17.5. The van der Waals surface area contributed by atoms with E-state index in [1.807, 2.05) is 30.3 Å². The number of pyridine rings is 1. The second-order valence-corrected chi connectivity index (χ2v) is 7.86. The van der Waals surface area contributed by atoms with Crippen LogP contribution in [0.3, 0.4) is 0 Å². The van der Waals surface area contributed by atoms with Gasteiger partial charge in [-0.05, 0) is 41.2 Å². The smallest absolute Gasteiger partial charge is 0.319 e. The van der Waals surface area contributed by atoms with Crippen LogP contribution in [0.4, 0.5) is 10.5 Å². The first-order chi connectivity index (χ1) is 12.9. The molecule has 5 nitrogen and oxygen atoms in total. The standard InChI is InChI=1S/C22H23N3O2/c1-22(2)13-14-7-4-5-8-15(14)20(22)24-21(27)23-17-9-6-10-18-16(17)11-12-19(26)25(18)3/h4-12,20H,13H2,1-3H3,(H2,23,24,27). The summed E-state index contributed by atoms with van der Waals surface area (Å²) in [7, 11) is 1.73. The zero-order valence-corrected chi connectivity index (χ0v) is 15.7. The van der Waals surface area contributed by atoms with Crippen molar-refractivity contribution in [3.63, 3.8) is 0 Å². The molecule has 0 spiro atoms. The van der Waals surface area contributed by atoms with E-state index < -0.39 is 0 Å². The van der Waals surface area contributed by atoms with Gasteiger partial charge in [-0.3, -0.25) is 4.79 Å². The molecule has 1 heterocycles. The van der Waals surface area contributed by atoms with E-state index in [1.54, 1.807) is 17.7 Å². The van der Waals surface area contributed by atoms with Crippen molar-refractivity contribution in [2.24, 2.45) is 12.5 Å². The SMILES string of the molecule is Cn1c(=O)ccc2c(NC(=O)NC3c4ccccc4CC3(C)C)cccc21. The molecule has 138 valence electrons. The second kappa shape index (κ2) is 6.27. The molecule has 0 fully saturated rings. The van der Waals surface area contributed by atoms with Crippen LogP contribution in [-0.4, -0.2) is 10.6 Å². The Bertz CT molecular complexity index is 1100. The van der Waals surface area contributed by atoms with Gasteiger partial charge in [0.25, 0.3) is 5.56 Å². The molecular weight excluding hydrogens is 338 g/mol. The van der Waals surface area contributed by atoms with E-state index in [1.165, 1.54) is 17.2 Å². The average molecular weight is 361 g/mol. The molecule has 1 aliphatic carbocycles. The minimum absolute atomic E-state index is 0.0481. The number of hydrogen-bond acceptors (Lipinski definition) is 2. The number of urea groups is 1. The Labute approximate surface area is 158 Å². The molecule has 3 aromatic rings. The fraction of sp³-hybridized carbons (Fsp3) is 0.273. The van der Waals surface area contributed by atoms with Crippen molar-refractivity contribution in [3.05, 3.63) is 76.1 Å². The summed E-state index contributed by atoms with van der Waals surface area (Å²) in [5, 5.41) is 6.94. The molecule has 0 radical (unpaired) electrons. The van der Waals surface area contributed by atoms with Crippen LogP contribution in [0.2, 0.25) is 0 Å². The highest BCUT2D eigenvalue weighted by molar-refractivity contribution is 6.00. The lowest BCUT2D eigenvalue weighted by Gasteiger charge is -2.28. The fourth-order valence-corrected chi connectivity index (χ4v) is 4.07. The number of nitrogens with one attached hydrogen (secondary N) is 2. The van der Waals surface area contributed by atoms with E-state index in [2.05, 4.69) is 36.6 Å². The molecule has 2 amide bonds. The van der Waals surface area contributed by atoms with Crippen LogP contribution in [0.25, 0.3) is 10.9 Å². The van der Waals surface area contributed by atoms with E-state index in [0.29, 0.717) is 5.69 Å². The molecular formula is C22H23N3O2. The molecule has 0 aliphatic heterocycles. The molecule has 1 unspecified atom stereocenters. The Hall–Kier alpha value is -3.08. The van der Waals surface area contributed by atoms with Crippen LogP contribution >= 0.6 is 0 Å². The van der Waals surface area contributed by atoms with Crippen LogP contribution in [-0.2, 0) is 13.5 Å². The largest absolute Gasteiger partial charge is 0.331 e. The highest BCUT2D eigenvalue weighted by Crippen LogP contribution is 2.45. The van der Waals surface area contributed by atoms with Gasteiger partial charge in [0, 0.05) is 18.5 Å². The summed E-state index contributed by atoms with van der Waals surface area (Å²) in [5.41, 5.74) is 3.81. The topological polar surface area (TPSA) is 63.1 Å². The lowest BCUT2D eigenvalue weighted by atomic mass is 9.85. The number of carbonyl (C=O) groups excluding carboxylic acids is 1. The van der Waals surface area contributed by atoms with Crippen LogP contribution in [0.15, 0.2) is 59.4 Å². The first-order valence-electron chi connectivity index (χ1n) is 9.11. The summed E-state index contributed by atoms with van der Waals surface area (Å²) < 4.78 is 1.58. The highest BCUT2D eigenvalue weighted by atomic mass is 16.2. The van der Waals surface area contributed by atoms with Gasteiger partial charge in [-0.1, -0.05) is 44.2 Å². The van der Waals surface area contributed by atoms with Crippen LogP contribution in [0, 0.1) is 5.41 Å². The van der Waals surface area contributed by atoms with Crippen LogP contribution in [0.5, 0.6) is 0 Å². The van der Waals surface area contributed by atoms with Crippen LogP contribution in [0.1, 0.15) is 31.0 Å². The monoisotopic (exact) mass is 361 g/mol.